The SMILES string of the molecule is CCCCCCCCCCCCCCCCCCC(CCCCCCCCCCCCCCCCC)COS(C)(=O)=O. The monoisotopic (exact) mass is 615 g/mol. The Labute approximate surface area is 266 Å². The summed E-state index contributed by atoms with van der Waals surface area (Å²) in [5, 5.41) is 0. The normalized spacial score (nSPS) is 12.7. The molecule has 0 aromatic heterocycles. The molecule has 0 aromatic carbocycles. The molecule has 0 fully saturated rings. The molecule has 254 valence electrons. The van der Waals surface area contributed by atoms with Gasteiger partial charge in [0.15, 0.2) is 0 Å². The molecule has 0 saturated carbocycles. The highest BCUT2D eigenvalue weighted by molar-refractivity contribution is 7.85. The van der Waals surface area contributed by atoms with Crippen LogP contribution in [0.15, 0.2) is 0 Å². The minimum absolute atomic E-state index is 0.385. The lowest BCUT2D eigenvalue weighted by Gasteiger charge is -2.16. The van der Waals surface area contributed by atoms with Gasteiger partial charge < -0.3 is 0 Å². The van der Waals surface area contributed by atoms with E-state index >= 15 is 0 Å². The Bertz CT molecular complexity index is 603. The van der Waals surface area contributed by atoms with Crippen LogP contribution in [0.25, 0.3) is 0 Å². The number of unbranched alkanes of at least 4 members (excludes halogenated alkanes) is 29. The first kappa shape index (κ1) is 41.9. The van der Waals surface area contributed by atoms with E-state index in [0.29, 0.717) is 12.5 Å². The van der Waals surface area contributed by atoms with Gasteiger partial charge in [-0.1, -0.05) is 213 Å². The topological polar surface area (TPSA) is 43.4 Å². The van der Waals surface area contributed by atoms with Crippen LogP contribution >= 0.6 is 0 Å². The van der Waals surface area contributed by atoms with Gasteiger partial charge >= 0.3 is 0 Å². The molecule has 3 nitrogen and oxygen atoms in total. The first-order valence-electron chi connectivity index (χ1n) is 19.3. The minimum Gasteiger partial charge on any atom is -0.270 e. The molecule has 0 N–H and O–H groups in total. The van der Waals surface area contributed by atoms with E-state index in [1.54, 1.807) is 0 Å². The van der Waals surface area contributed by atoms with E-state index in [1.807, 2.05) is 0 Å². The molecule has 1 atom stereocenters. The Morgan fingerprint density at radius 2 is 0.595 bits per heavy atom. The van der Waals surface area contributed by atoms with Gasteiger partial charge in [-0.3, -0.25) is 4.18 Å². The van der Waals surface area contributed by atoms with E-state index in [2.05, 4.69) is 13.8 Å². The van der Waals surface area contributed by atoms with Crippen LogP contribution in [0.5, 0.6) is 0 Å². The van der Waals surface area contributed by atoms with Gasteiger partial charge in [0.25, 0.3) is 10.1 Å². The van der Waals surface area contributed by atoms with Crippen molar-refractivity contribution in [1.29, 1.82) is 0 Å². The Kier molecular flexibility index (Phi) is 33.7. The quantitative estimate of drug-likeness (QED) is 0.0521. The maximum absolute atomic E-state index is 11.5. The largest absolute Gasteiger partial charge is 0.270 e. The fraction of sp³-hybridized carbons (Fsp3) is 1.00. The Balaban J connectivity index is 3.66. The van der Waals surface area contributed by atoms with Crippen LogP contribution in [0, 0.1) is 5.92 Å². The summed E-state index contributed by atoms with van der Waals surface area (Å²) >= 11 is 0. The van der Waals surface area contributed by atoms with Crippen LogP contribution in [0.2, 0.25) is 0 Å². The second-order valence-electron chi connectivity index (χ2n) is 13.7. The standard InChI is InChI=1S/C38H78O3S/c1-4-6-8-10-12-14-16-18-20-22-24-26-28-30-32-34-36-38(37-41-42(3,39)40)35-33-31-29-27-25-23-21-19-17-15-13-11-9-7-5-2/h38H,4-37H2,1-3H3. The summed E-state index contributed by atoms with van der Waals surface area (Å²) in [7, 11) is -3.34. The average Bonchev–Trinajstić information content (AvgIpc) is 2.96. The molecule has 0 rings (SSSR count). The summed E-state index contributed by atoms with van der Waals surface area (Å²) in [6.07, 6.45) is 46.4. The molecule has 0 amide bonds. The van der Waals surface area contributed by atoms with Gasteiger partial charge in [-0.15, -0.1) is 0 Å². The van der Waals surface area contributed by atoms with Crippen molar-refractivity contribution < 1.29 is 12.6 Å². The molecule has 4 heteroatoms. The molecule has 0 spiro atoms. The predicted molar refractivity (Wildman–Crippen MR) is 188 cm³/mol. The van der Waals surface area contributed by atoms with Crippen LogP contribution in [-0.4, -0.2) is 21.3 Å². The summed E-state index contributed by atoms with van der Waals surface area (Å²) in [6, 6.07) is 0. The Morgan fingerprint density at radius 1 is 0.381 bits per heavy atom. The molecule has 0 saturated heterocycles. The minimum atomic E-state index is -3.34. The maximum Gasteiger partial charge on any atom is 0.264 e. The summed E-state index contributed by atoms with van der Waals surface area (Å²) in [4.78, 5) is 0. The van der Waals surface area contributed by atoms with Gasteiger partial charge in [-0.25, -0.2) is 0 Å². The molecule has 0 aliphatic heterocycles. The first-order chi connectivity index (χ1) is 20.5. The number of hydrogen-bond donors (Lipinski definition) is 0. The molecule has 0 aliphatic carbocycles. The second-order valence-corrected chi connectivity index (χ2v) is 15.3. The Morgan fingerprint density at radius 3 is 0.810 bits per heavy atom. The molecule has 1 unspecified atom stereocenters. The van der Waals surface area contributed by atoms with E-state index in [4.69, 9.17) is 4.18 Å². The van der Waals surface area contributed by atoms with E-state index in [1.165, 1.54) is 205 Å². The van der Waals surface area contributed by atoms with Gasteiger partial charge in [0.1, 0.15) is 0 Å². The summed E-state index contributed by atoms with van der Waals surface area (Å²) in [5.41, 5.74) is 0. The third-order valence-electron chi connectivity index (χ3n) is 9.20. The molecule has 0 bridgehead atoms. The number of rotatable bonds is 36. The molecule has 0 radical (unpaired) electrons. The Hall–Kier alpha value is -0.0900. The summed E-state index contributed by atoms with van der Waals surface area (Å²) in [6.45, 7) is 4.96. The van der Waals surface area contributed by atoms with Crippen molar-refractivity contribution in [3.63, 3.8) is 0 Å². The van der Waals surface area contributed by atoms with Gasteiger partial charge in [0.05, 0.1) is 12.9 Å². The van der Waals surface area contributed by atoms with Crippen LogP contribution in [0.4, 0.5) is 0 Å². The predicted octanol–water partition coefficient (Wildman–Crippen LogP) is 13.5. The summed E-state index contributed by atoms with van der Waals surface area (Å²) in [5.74, 6) is 0.397. The molecular formula is C38H78O3S. The smallest absolute Gasteiger partial charge is 0.264 e. The van der Waals surface area contributed by atoms with Crippen LogP contribution in [0.1, 0.15) is 226 Å². The molecule has 0 aromatic rings. The van der Waals surface area contributed by atoms with Crippen molar-refractivity contribution in [3.05, 3.63) is 0 Å². The van der Waals surface area contributed by atoms with Crippen molar-refractivity contribution in [2.75, 3.05) is 12.9 Å². The van der Waals surface area contributed by atoms with E-state index < -0.39 is 10.1 Å². The molecular weight excluding hydrogens is 536 g/mol. The summed E-state index contributed by atoms with van der Waals surface area (Å²) < 4.78 is 28.3. The third-order valence-corrected chi connectivity index (χ3v) is 9.76. The lowest BCUT2D eigenvalue weighted by atomic mass is 9.94. The van der Waals surface area contributed by atoms with E-state index in [9.17, 15) is 8.42 Å². The highest BCUT2D eigenvalue weighted by atomic mass is 32.2. The van der Waals surface area contributed by atoms with Crippen LogP contribution < -0.4 is 0 Å². The zero-order valence-electron chi connectivity index (χ0n) is 29.3. The van der Waals surface area contributed by atoms with Crippen molar-refractivity contribution in [2.24, 2.45) is 5.92 Å². The van der Waals surface area contributed by atoms with Crippen LogP contribution in [0.3, 0.4) is 0 Å². The molecule has 0 aliphatic rings. The highest BCUT2D eigenvalue weighted by Crippen LogP contribution is 2.21. The number of hydrogen-bond acceptors (Lipinski definition) is 3. The fourth-order valence-electron chi connectivity index (χ4n) is 6.32. The molecule has 42 heavy (non-hydrogen) atoms. The maximum atomic E-state index is 11.5. The van der Waals surface area contributed by atoms with Crippen molar-refractivity contribution in [3.8, 4) is 0 Å². The lowest BCUT2D eigenvalue weighted by Crippen LogP contribution is -2.14. The fourth-order valence-corrected chi connectivity index (χ4v) is 6.76. The van der Waals surface area contributed by atoms with Gasteiger partial charge in [0, 0.05) is 0 Å². The van der Waals surface area contributed by atoms with Crippen molar-refractivity contribution >= 4 is 10.1 Å². The van der Waals surface area contributed by atoms with Crippen LogP contribution in [-0.2, 0) is 14.3 Å². The first-order valence-corrected chi connectivity index (χ1v) is 21.2. The van der Waals surface area contributed by atoms with Crippen molar-refractivity contribution in [2.45, 2.75) is 226 Å². The average molecular weight is 615 g/mol. The van der Waals surface area contributed by atoms with Gasteiger partial charge in [-0.2, -0.15) is 8.42 Å². The van der Waals surface area contributed by atoms with E-state index in [-0.39, 0.29) is 0 Å². The second kappa shape index (κ2) is 33.8. The van der Waals surface area contributed by atoms with Gasteiger partial charge in [0.2, 0.25) is 0 Å². The van der Waals surface area contributed by atoms with Gasteiger partial charge in [-0.05, 0) is 18.8 Å². The third kappa shape index (κ3) is 36.1. The highest BCUT2D eigenvalue weighted by Gasteiger charge is 2.12. The molecule has 0 heterocycles. The lowest BCUT2D eigenvalue weighted by molar-refractivity contribution is 0.231. The van der Waals surface area contributed by atoms with Crippen molar-refractivity contribution in [1.82, 2.24) is 0 Å². The zero-order valence-corrected chi connectivity index (χ0v) is 30.1. The zero-order chi connectivity index (χ0) is 30.8. The van der Waals surface area contributed by atoms with E-state index in [0.717, 1.165) is 12.8 Å².